The molecular weight excluding hydrogens is 1040 g/mol. The van der Waals surface area contributed by atoms with Gasteiger partial charge in [0.25, 0.3) is 11.8 Å². The summed E-state index contributed by atoms with van der Waals surface area (Å²) >= 11 is 6.06. The van der Waals surface area contributed by atoms with Crippen LogP contribution in [-0.2, 0) is 54.1 Å². The molecule has 8 N–H and O–H groups in total. The number of alkyl carbamates (subject to hydrolysis) is 2. The lowest BCUT2D eigenvalue weighted by atomic mass is 10.0. The zero-order valence-electron chi connectivity index (χ0n) is 47.7. The van der Waals surface area contributed by atoms with E-state index in [2.05, 4.69) is 42.5 Å². The Kier molecular flexibility index (Phi) is 25.7. The van der Waals surface area contributed by atoms with E-state index >= 15 is 0 Å². The molecule has 0 aliphatic heterocycles. The molecule has 21 nitrogen and oxygen atoms in total. The van der Waals surface area contributed by atoms with E-state index in [9.17, 15) is 43.2 Å². The fraction of sp³-hybridized carbons (Fsp3) is 0.526. The molecule has 0 heterocycles. The van der Waals surface area contributed by atoms with Gasteiger partial charge in [0.2, 0.25) is 23.6 Å². The molecule has 3 aromatic carbocycles. The lowest BCUT2D eigenvalue weighted by Crippen LogP contribution is -2.62. The van der Waals surface area contributed by atoms with Crippen LogP contribution in [0.25, 0.3) is 11.1 Å². The number of nitrogens with one attached hydrogen (secondary N) is 8. The van der Waals surface area contributed by atoms with Gasteiger partial charge in [-0.2, -0.15) is 0 Å². The average molecular weight is 1120 g/mol. The predicted molar refractivity (Wildman–Crippen MR) is 299 cm³/mol. The maximum atomic E-state index is 14.3. The molecule has 3 aromatic rings. The summed E-state index contributed by atoms with van der Waals surface area (Å²) in [6, 6.07) is 16.3. The molecule has 8 amide bonds. The van der Waals surface area contributed by atoms with Crippen LogP contribution in [-0.4, -0.2) is 132 Å². The molecule has 0 fully saturated rings. The second kappa shape index (κ2) is 30.8. The van der Waals surface area contributed by atoms with Crippen LogP contribution in [0.15, 0.2) is 78.9 Å². The smallest absolute Gasteiger partial charge is 0.407 e. The van der Waals surface area contributed by atoms with Crippen LogP contribution in [0.5, 0.6) is 0 Å². The second-order valence-electron chi connectivity index (χ2n) is 22.0. The maximum Gasteiger partial charge on any atom is 0.407 e. The van der Waals surface area contributed by atoms with Gasteiger partial charge in [0.1, 0.15) is 35.4 Å². The fourth-order valence-corrected chi connectivity index (χ4v) is 7.76. The number of amides is 8. The summed E-state index contributed by atoms with van der Waals surface area (Å²) in [4.78, 5) is 121. The Morgan fingerprint density at radius 2 is 1.10 bits per heavy atom. The summed E-state index contributed by atoms with van der Waals surface area (Å²) < 4.78 is 22.2. The van der Waals surface area contributed by atoms with E-state index in [0.29, 0.717) is 17.9 Å². The predicted octanol–water partition coefficient (Wildman–Crippen LogP) is 5.80. The van der Waals surface area contributed by atoms with Crippen molar-refractivity contribution in [3.63, 3.8) is 0 Å². The first-order chi connectivity index (χ1) is 36.8. The van der Waals surface area contributed by atoms with Gasteiger partial charge < -0.3 is 61.5 Å². The van der Waals surface area contributed by atoms with Crippen molar-refractivity contribution >= 4 is 65.2 Å². The molecule has 0 spiro atoms. The van der Waals surface area contributed by atoms with E-state index < -0.39 is 119 Å². The molecule has 22 heteroatoms. The molecule has 0 aliphatic carbocycles. The average Bonchev–Trinajstić information content (AvgIpc) is 3.34. The molecule has 0 aliphatic rings. The Hall–Kier alpha value is -7.26. The highest BCUT2D eigenvalue weighted by atomic mass is 35.5. The van der Waals surface area contributed by atoms with Crippen molar-refractivity contribution in [1.82, 2.24) is 42.5 Å². The van der Waals surface area contributed by atoms with E-state index in [1.165, 1.54) is 20.8 Å². The summed E-state index contributed by atoms with van der Waals surface area (Å²) in [6.45, 7) is 20.7. The number of hydrogen-bond acceptors (Lipinski definition) is 13. The minimum absolute atomic E-state index is 0.00847. The van der Waals surface area contributed by atoms with Crippen molar-refractivity contribution in [2.75, 3.05) is 19.6 Å². The molecule has 79 heavy (non-hydrogen) atoms. The van der Waals surface area contributed by atoms with Crippen LogP contribution >= 0.6 is 11.6 Å². The van der Waals surface area contributed by atoms with E-state index in [1.54, 1.807) is 98.7 Å². The van der Waals surface area contributed by atoms with Gasteiger partial charge in [0.05, 0.1) is 24.3 Å². The molecule has 0 saturated heterocycles. The third kappa shape index (κ3) is 25.4. The minimum Gasteiger partial charge on any atom is -0.450 e. The summed E-state index contributed by atoms with van der Waals surface area (Å²) in [5.41, 5.74) is 0.279. The Bertz CT molecular complexity index is 2530. The van der Waals surface area contributed by atoms with Gasteiger partial charge in [-0.15, -0.1) is 0 Å². The van der Waals surface area contributed by atoms with Gasteiger partial charge in [0.15, 0.2) is 6.10 Å². The van der Waals surface area contributed by atoms with Crippen LogP contribution in [0.4, 0.5) is 9.59 Å². The first kappa shape index (κ1) is 66.0. The number of carbonyl (C=O) groups is 9. The van der Waals surface area contributed by atoms with Crippen molar-refractivity contribution in [2.24, 2.45) is 0 Å². The SMILES string of the molecule is CC(=O)OC(C(=O)NCCc1ccccc1)[C@H](C)NC(=O)[C@H](CCCCNC(=O)OC(C)(C)C)NC(=O)[C@H](C)NC(=O)[C@@H](NC(=O)[C@H](CNC(=O)OC(C)(C)C)NC(=O)c1ccc(-c2ccc(Cl)cc2)cc1)[C@@H](C)OC(C)(C)C. The highest BCUT2D eigenvalue weighted by Gasteiger charge is 2.37. The molecule has 0 saturated carbocycles. The monoisotopic (exact) mass is 1120 g/mol. The third-order valence-corrected chi connectivity index (χ3v) is 11.5. The van der Waals surface area contributed by atoms with Crippen molar-refractivity contribution in [3.8, 4) is 11.1 Å². The number of benzene rings is 3. The minimum atomic E-state index is -1.52. The summed E-state index contributed by atoms with van der Waals surface area (Å²) in [5.74, 6) is -5.50. The van der Waals surface area contributed by atoms with E-state index in [4.69, 9.17) is 30.5 Å². The number of esters is 1. The first-order valence-electron chi connectivity index (χ1n) is 26.3. The van der Waals surface area contributed by atoms with Crippen LogP contribution in [0, 0.1) is 0 Å². The highest BCUT2D eigenvalue weighted by molar-refractivity contribution is 6.30. The van der Waals surface area contributed by atoms with Crippen LogP contribution in [0.3, 0.4) is 0 Å². The number of ether oxygens (including phenoxy) is 4. The summed E-state index contributed by atoms with van der Waals surface area (Å²) in [6.07, 6.45) is -2.93. The zero-order valence-corrected chi connectivity index (χ0v) is 48.4. The Morgan fingerprint density at radius 1 is 0.544 bits per heavy atom. The third-order valence-electron chi connectivity index (χ3n) is 11.3. The van der Waals surface area contributed by atoms with Crippen molar-refractivity contribution in [1.29, 1.82) is 0 Å². The number of carbonyl (C=O) groups excluding carboxylic acids is 9. The topological polar surface area (TPSA) is 287 Å². The first-order valence-corrected chi connectivity index (χ1v) is 26.7. The Labute approximate surface area is 468 Å². The number of unbranched alkanes of at least 4 members (excludes halogenated alkanes) is 1. The molecule has 0 radical (unpaired) electrons. The molecular formula is C57H81ClN8O13. The molecule has 0 aromatic heterocycles. The zero-order chi connectivity index (χ0) is 59.3. The van der Waals surface area contributed by atoms with Gasteiger partial charge >= 0.3 is 18.2 Å². The van der Waals surface area contributed by atoms with Gasteiger partial charge in [-0.25, -0.2) is 9.59 Å². The van der Waals surface area contributed by atoms with Gasteiger partial charge in [-0.05, 0) is 150 Å². The van der Waals surface area contributed by atoms with Gasteiger partial charge in [0, 0.05) is 30.6 Å². The standard InChI is InChI=1S/C57H81ClN8O13/c1-34(46(76-37(4)67)52(73)59-32-30-38-19-15-14-16-20-38)62-49(70)43(21-17-18-31-60-53(74)78-56(8,9)10)64-47(68)35(2)63-51(72)45(36(3)77-55(5,6)7)66-50(71)44(33-61-54(75)79-57(11,12)13)65-48(69)41-24-22-39(23-25-41)40-26-28-42(58)29-27-40/h14-16,19-20,22-29,34-36,43-46H,17-18,21,30-33H2,1-13H3,(H,59,73)(H,60,74)(H,61,75)(H,62,70)(H,63,72)(H,64,68)(H,65,69)(H,66,71)/t34-,35-,36+,43-,44-,45-,46?/m0/s1. The van der Waals surface area contributed by atoms with Crippen molar-refractivity contribution in [2.45, 2.75) is 175 Å². The number of rotatable bonds is 26. The maximum absolute atomic E-state index is 14.3. The summed E-state index contributed by atoms with van der Waals surface area (Å²) in [5, 5.41) is 21.7. The molecule has 1 unspecified atom stereocenters. The Balaban J connectivity index is 1.86. The van der Waals surface area contributed by atoms with Crippen LogP contribution < -0.4 is 42.5 Å². The van der Waals surface area contributed by atoms with E-state index in [0.717, 1.165) is 23.6 Å². The van der Waals surface area contributed by atoms with E-state index in [1.807, 2.05) is 42.5 Å². The quantitative estimate of drug-likeness (QED) is 0.0268. The highest BCUT2D eigenvalue weighted by Crippen LogP contribution is 2.22. The lowest BCUT2D eigenvalue weighted by Gasteiger charge is -2.32. The molecule has 434 valence electrons. The second-order valence-corrected chi connectivity index (χ2v) is 22.4. The fourth-order valence-electron chi connectivity index (χ4n) is 7.63. The molecule has 0 bridgehead atoms. The Morgan fingerprint density at radius 3 is 1.66 bits per heavy atom. The number of hydrogen-bond donors (Lipinski definition) is 8. The lowest BCUT2D eigenvalue weighted by molar-refractivity contribution is -0.156. The van der Waals surface area contributed by atoms with Crippen molar-refractivity contribution < 1.29 is 62.1 Å². The van der Waals surface area contributed by atoms with Crippen LogP contribution in [0.2, 0.25) is 5.02 Å². The number of halogens is 1. The molecule has 3 rings (SSSR count). The van der Waals surface area contributed by atoms with Crippen molar-refractivity contribution in [3.05, 3.63) is 95.0 Å². The largest absolute Gasteiger partial charge is 0.450 e. The summed E-state index contributed by atoms with van der Waals surface area (Å²) in [7, 11) is 0. The van der Waals surface area contributed by atoms with Crippen LogP contribution in [0.1, 0.15) is 125 Å². The van der Waals surface area contributed by atoms with Gasteiger partial charge in [-0.1, -0.05) is 66.2 Å². The van der Waals surface area contributed by atoms with Gasteiger partial charge in [-0.3, -0.25) is 33.6 Å². The normalized spacial score (nSPS) is 14.2. The van der Waals surface area contributed by atoms with E-state index in [-0.39, 0.29) is 31.5 Å². The molecule has 7 atom stereocenters.